The van der Waals surface area contributed by atoms with E-state index in [0.29, 0.717) is 29.2 Å². The van der Waals surface area contributed by atoms with Crippen molar-refractivity contribution in [2.45, 2.75) is 30.3 Å². The van der Waals surface area contributed by atoms with Crippen LogP contribution in [-0.2, 0) is 26.5 Å². The number of anilines is 2. The monoisotopic (exact) mass is 676 g/mol. The van der Waals surface area contributed by atoms with Gasteiger partial charge >= 0.3 is 41.3 Å². The molecule has 0 aliphatic rings. The van der Waals surface area contributed by atoms with E-state index in [1.165, 1.54) is 0 Å². The Hall–Kier alpha value is -5.74. The van der Waals surface area contributed by atoms with E-state index in [9.17, 15) is 26.4 Å². The Balaban J connectivity index is 1.20. The zero-order valence-electron chi connectivity index (χ0n) is 24.9. The van der Waals surface area contributed by atoms with E-state index in [2.05, 4.69) is 20.0 Å². The second kappa shape index (κ2) is 12.2. The number of aromatic amines is 2. The highest BCUT2D eigenvalue weighted by atomic mass is 32.2. The summed E-state index contributed by atoms with van der Waals surface area (Å²) >= 11 is 0. The lowest BCUT2D eigenvalue weighted by Gasteiger charge is -2.05. The van der Waals surface area contributed by atoms with E-state index < -0.39 is 41.3 Å². The summed E-state index contributed by atoms with van der Waals surface area (Å²) in [6.45, 7) is 3.63. The summed E-state index contributed by atoms with van der Waals surface area (Å²) in [5.41, 5.74) is 2.53. The summed E-state index contributed by atoms with van der Waals surface area (Å²) in [7, 11) is -8.62. The summed E-state index contributed by atoms with van der Waals surface area (Å²) in [4.78, 5) is 24.9. The third-order valence-corrected chi connectivity index (χ3v) is 9.79. The van der Waals surface area contributed by atoms with Gasteiger partial charge in [-0.05, 0) is 86.7 Å². The first kappa shape index (κ1) is 31.3. The quantitative estimate of drug-likeness (QED) is 0.159. The molecule has 6 aromatic rings. The number of nitrogens with zero attached hydrogens (tertiary/aromatic N) is 2. The SMILES string of the molecule is Cc1cccc(NS(=O)(=O)c2c(=O)o[nH][n+]2-c2ccc(Cc3ccc(-[n+]4[nH]oc(=O)c4S(=O)(=O)Nc4cccc(C)c4)cc3)cc2)c1. The van der Waals surface area contributed by atoms with E-state index in [1.54, 1.807) is 84.9 Å². The Morgan fingerprint density at radius 1 is 0.596 bits per heavy atom. The van der Waals surface area contributed by atoms with Gasteiger partial charge in [-0.3, -0.25) is 18.5 Å². The second-order valence-corrected chi connectivity index (χ2v) is 13.9. The maximum absolute atomic E-state index is 13.1. The van der Waals surface area contributed by atoms with Crippen molar-refractivity contribution < 1.29 is 35.2 Å². The molecule has 0 fully saturated rings. The second-order valence-electron chi connectivity index (χ2n) is 10.7. The Bertz CT molecular complexity index is 2260. The van der Waals surface area contributed by atoms with Gasteiger partial charge in [0.15, 0.2) is 0 Å². The number of H-pyrrole nitrogens is 2. The van der Waals surface area contributed by atoms with Crippen LogP contribution < -0.4 is 30.1 Å². The van der Waals surface area contributed by atoms with Crippen LogP contribution >= 0.6 is 0 Å². The topological polar surface area (TPSA) is 192 Å². The third-order valence-electron chi connectivity index (χ3n) is 7.06. The van der Waals surface area contributed by atoms with Crippen LogP contribution in [0, 0.1) is 13.8 Å². The minimum absolute atomic E-state index is 0.299. The number of hydrogen-bond donors (Lipinski definition) is 4. The lowest BCUT2D eigenvalue weighted by atomic mass is 10.0. The lowest BCUT2D eigenvalue weighted by Crippen LogP contribution is -2.42. The van der Waals surface area contributed by atoms with Crippen molar-refractivity contribution in [2.75, 3.05) is 9.44 Å². The van der Waals surface area contributed by atoms with Crippen molar-refractivity contribution in [3.63, 3.8) is 0 Å². The number of rotatable bonds is 10. The smallest absolute Gasteiger partial charge is 0.281 e. The van der Waals surface area contributed by atoms with Gasteiger partial charge < -0.3 is 0 Å². The average Bonchev–Trinajstić information content (AvgIpc) is 3.61. The molecular weight excluding hydrogens is 649 g/mol. The van der Waals surface area contributed by atoms with Gasteiger partial charge in [0.1, 0.15) is 0 Å². The number of benzene rings is 4. The Morgan fingerprint density at radius 3 is 1.34 bits per heavy atom. The van der Waals surface area contributed by atoms with E-state index in [0.717, 1.165) is 31.6 Å². The molecule has 16 heteroatoms. The molecule has 0 radical (unpaired) electrons. The Kier molecular flexibility index (Phi) is 8.13. The first-order valence-corrected chi connectivity index (χ1v) is 17.0. The number of aromatic nitrogens is 4. The van der Waals surface area contributed by atoms with E-state index in [1.807, 2.05) is 26.0 Å². The highest BCUT2D eigenvalue weighted by molar-refractivity contribution is 7.92. The first-order chi connectivity index (χ1) is 22.4. The van der Waals surface area contributed by atoms with Crippen LogP contribution in [-0.4, -0.2) is 27.4 Å². The van der Waals surface area contributed by atoms with Gasteiger partial charge in [0.2, 0.25) is 11.4 Å². The largest absolute Gasteiger partial charge is 0.449 e. The molecule has 0 spiro atoms. The molecule has 0 saturated carbocycles. The molecule has 2 heterocycles. The van der Waals surface area contributed by atoms with Gasteiger partial charge in [-0.15, -0.1) is 0 Å². The van der Waals surface area contributed by atoms with Gasteiger partial charge in [-0.1, -0.05) is 48.5 Å². The van der Waals surface area contributed by atoms with Crippen molar-refractivity contribution >= 4 is 31.4 Å². The van der Waals surface area contributed by atoms with Crippen LogP contribution in [0.15, 0.2) is 126 Å². The lowest BCUT2D eigenvalue weighted by molar-refractivity contribution is -0.705. The van der Waals surface area contributed by atoms with Gasteiger partial charge in [0.05, 0.1) is 0 Å². The molecule has 0 amide bonds. The number of aryl methyl sites for hydroxylation is 2. The van der Waals surface area contributed by atoms with Crippen LogP contribution in [0.25, 0.3) is 11.4 Å². The predicted molar refractivity (Wildman–Crippen MR) is 169 cm³/mol. The molecule has 2 aromatic heterocycles. The summed E-state index contributed by atoms with van der Waals surface area (Å²) in [5, 5.41) is 3.45. The fourth-order valence-corrected chi connectivity index (χ4v) is 7.27. The molecule has 0 unspecified atom stereocenters. The van der Waals surface area contributed by atoms with E-state index in [-0.39, 0.29) is 0 Å². The van der Waals surface area contributed by atoms with Crippen LogP contribution in [0.3, 0.4) is 0 Å². The summed E-state index contributed by atoms with van der Waals surface area (Å²) in [6.07, 6.45) is 0.458. The van der Waals surface area contributed by atoms with Gasteiger partial charge in [-0.25, -0.2) is 9.59 Å². The number of hydrogen-bond acceptors (Lipinski definition) is 8. The maximum Gasteiger partial charge on any atom is 0.449 e. The fraction of sp³-hybridized carbons (Fsp3) is 0.0968. The van der Waals surface area contributed by atoms with Crippen molar-refractivity contribution in [3.05, 3.63) is 140 Å². The van der Waals surface area contributed by atoms with Crippen molar-refractivity contribution in [1.29, 1.82) is 0 Å². The zero-order valence-corrected chi connectivity index (χ0v) is 26.6. The van der Waals surface area contributed by atoms with Crippen LogP contribution in [0.4, 0.5) is 11.4 Å². The Morgan fingerprint density at radius 2 is 0.979 bits per heavy atom. The van der Waals surface area contributed by atoms with Crippen LogP contribution in [0.5, 0.6) is 0 Å². The van der Waals surface area contributed by atoms with Crippen LogP contribution in [0.2, 0.25) is 0 Å². The Labute approximate surface area is 267 Å². The molecule has 6 rings (SSSR count). The van der Waals surface area contributed by atoms with Crippen molar-refractivity contribution in [3.8, 4) is 11.4 Å². The number of sulfonamides is 2. The molecule has 0 aliphatic heterocycles. The molecule has 0 saturated heterocycles. The molecule has 0 aliphatic carbocycles. The highest BCUT2D eigenvalue weighted by Crippen LogP contribution is 2.17. The van der Waals surface area contributed by atoms with E-state index in [4.69, 9.17) is 9.05 Å². The highest BCUT2D eigenvalue weighted by Gasteiger charge is 2.38. The first-order valence-electron chi connectivity index (χ1n) is 14.0. The molecule has 4 N–H and O–H groups in total. The fourth-order valence-electron chi connectivity index (χ4n) is 4.91. The minimum atomic E-state index is -4.31. The predicted octanol–water partition coefficient (Wildman–Crippen LogP) is 2.61. The van der Waals surface area contributed by atoms with Crippen molar-refractivity contribution in [1.82, 2.24) is 10.5 Å². The molecule has 240 valence electrons. The van der Waals surface area contributed by atoms with Gasteiger partial charge in [-0.2, -0.15) is 16.8 Å². The number of nitrogens with one attached hydrogen (secondary N) is 4. The molecule has 0 bridgehead atoms. The van der Waals surface area contributed by atoms with Gasteiger partial charge in [0, 0.05) is 35.6 Å². The molecule has 0 atom stereocenters. The summed E-state index contributed by atoms with van der Waals surface area (Å²) < 4.78 is 69.0. The standard InChI is InChI=1S/C31H26N6O8S2/c1-20-5-3-7-24(17-20)32-46(40,41)28-30(38)44-34-36(28)26-13-9-22(10-14-26)19-23-11-15-27(16-12-23)37-29(31(39)45-35-37)47(42,43)33-25-8-4-6-21(2)18-25/h3-18,32-33H,19H2,1-2H3/p+2. The average molecular weight is 677 g/mol. The normalized spacial score (nSPS) is 11.8. The van der Waals surface area contributed by atoms with E-state index >= 15 is 0 Å². The molecule has 14 nitrogen and oxygen atoms in total. The minimum Gasteiger partial charge on any atom is -0.281 e. The zero-order chi connectivity index (χ0) is 33.3. The summed E-state index contributed by atoms with van der Waals surface area (Å²) in [5.74, 6) is 0. The summed E-state index contributed by atoms with van der Waals surface area (Å²) in [6, 6.07) is 27.0. The third kappa shape index (κ3) is 6.63. The molecular formula is C31H28N6O8S2+2. The maximum atomic E-state index is 13.1. The molecule has 47 heavy (non-hydrogen) atoms. The van der Waals surface area contributed by atoms with Crippen LogP contribution in [0.1, 0.15) is 22.3 Å². The van der Waals surface area contributed by atoms with Gasteiger partial charge in [0.25, 0.3) is 0 Å². The van der Waals surface area contributed by atoms with Crippen molar-refractivity contribution in [2.24, 2.45) is 0 Å². The molecule has 4 aromatic carbocycles.